The molecule has 0 aliphatic carbocycles. The molecule has 0 spiro atoms. The van der Waals surface area contributed by atoms with Crippen molar-refractivity contribution in [1.82, 2.24) is 0 Å². The molecule has 0 bridgehead atoms. The predicted octanol–water partition coefficient (Wildman–Crippen LogP) is -0.535. The smallest absolute Gasteiger partial charge is 0.137 e. The minimum atomic E-state index is -0.902. The first-order valence-electron chi connectivity index (χ1n) is 5.83. The highest BCUT2D eigenvalue weighted by atomic mass is 16.4. The van der Waals surface area contributed by atoms with Gasteiger partial charge in [0.05, 0.1) is 6.54 Å². The average Bonchev–Trinajstić information content (AvgIpc) is 2.78. The molecule has 1 heterocycles. The van der Waals surface area contributed by atoms with Gasteiger partial charge in [-0.05, 0) is 12.0 Å². The summed E-state index contributed by atoms with van der Waals surface area (Å²) in [5, 5.41) is 13.1. The number of rotatable bonds is 4. The number of carboxylic acid groups (broad SMARTS) is 1. The number of nitrogens with two attached hydrogens (primary N) is 1. The zero-order chi connectivity index (χ0) is 11.4. The van der Waals surface area contributed by atoms with Gasteiger partial charge in [0.25, 0.3) is 0 Å². The molecule has 2 N–H and O–H groups in total. The van der Waals surface area contributed by atoms with Gasteiger partial charge in [-0.15, -0.1) is 0 Å². The lowest BCUT2D eigenvalue weighted by molar-refractivity contribution is -0.701. The zero-order valence-corrected chi connectivity index (χ0v) is 9.32. The summed E-state index contributed by atoms with van der Waals surface area (Å²) in [4.78, 5) is 11.2. The zero-order valence-electron chi connectivity index (χ0n) is 9.32. The van der Waals surface area contributed by atoms with Gasteiger partial charge in [0.1, 0.15) is 11.5 Å². The molecule has 0 aromatic heterocycles. The van der Waals surface area contributed by atoms with Crippen molar-refractivity contribution in [3.05, 3.63) is 35.9 Å². The minimum Gasteiger partial charge on any atom is -0.544 e. The topological polar surface area (TPSA) is 56.7 Å². The number of aliphatic carboxylic acids is 1. The summed E-state index contributed by atoms with van der Waals surface area (Å²) >= 11 is 0. The number of carbonyl (C=O) groups is 1. The monoisotopic (exact) mass is 219 g/mol. The molecule has 1 atom stereocenters. The van der Waals surface area contributed by atoms with Crippen molar-refractivity contribution in [3.63, 3.8) is 0 Å². The van der Waals surface area contributed by atoms with E-state index in [1.54, 1.807) is 0 Å². The average molecular weight is 219 g/mol. The number of benzene rings is 1. The molecular formula is C13H17NO2. The van der Waals surface area contributed by atoms with Crippen molar-refractivity contribution in [2.45, 2.75) is 31.2 Å². The Kier molecular flexibility index (Phi) is 3.25. The highest BCUT2D eigenvalue weighted by molar-refractivity contribution is 5.74. The van der Waals surface area contributed by atoms with E-state index in [2.05, 4.69) is 0 Å². The van der Waals surface area contributed by atoms with Crippen LogP contribution in [0.5, 0.6) is 0 Å². The second-order valence-corrected chi connectivity index (χ2v) is 4.53. The maximum atomic E-state index is 11.2. The van der Waals surface area contributed by atoms with Crippen LogP contribution in [-0.4, -0.2) is 18.1 Å². The molecule has 1 saturated heterocycles. The third-order valence-corrected chi connectivity index (χ3v) is 3.47. The van der Waals surface area contributed by atoms with Crippen LogP contribution in [0, 0.1) is 0 Å². The number of hydrogen-bond donors (Lipinski definition) is 1. The molecule has 3 heteroatoms. The van der Waals surface area contributed by atoms with Gasteiger partial charge in [0, 0.05) is 19.3 Å². The summed E-state index contributed by atoms with van der Waals surface area (Å²) in [6.07, 6.45) is 3.19. The first-order valence-corrected chi connectivity index (χ1v) is 5.83. The van der Waals surface area contributed by atoms with E-state index < -0.39 is 11.5 Å². The Morgan fingerprint density at radius 3 is 2.69 bits per heavy atom. The van der Waals surface area contributed by atoms with Gasteiger partial charge in [-0.1, -0.05) is 30.3 Å². The van der Waals surface area contributed by atoms with Crippen molar-refractivity contribution >= 4 is 5.97 Å². The maximum Gasteiger partial charge on any atom is 0.137 e. The Morgan fingerprint density at radius 2 is 2.12 bits per heavy atom. The predicted molar refractivity (Wildman–Crippen MR) is 58.5 cm³/mol. The molecule has 1 aromatic carbocycles. The van der Waals surface area contributed by atoms with E-state index in [1.165, 1.54) is 5.56 Å². The molecule has 2 rings (SSSR count). The molecule has 1 aromatic rings. The van der Waals surface area contributed by atoms with E-state index in [1.807, 2.05) is 35.6 Å². The largest absolute Gasteiger partial charge is 0.544 e. The summed E-state index contributed by atoms with van der Waals surface area (Å²) in [6, 6.07) is 10.0. The summed E-state index contributed by atoms with van der Waals surface area (Å²) in [5.74, 6) is -0.902. The fourth-order valence-electron chi connectivity index (χ4n) is 2.42. The fourth-order valence-corrected chi connectivity index (χ4v) is 2.42. The van der Waals surface area contributed by atoms with Gasteiger partial charge in [-0.25, -0.2) is 0 Å². The minimum absolute atomic E-state index is 0.666. The molecule has 1 aliphatic rings. The molecule has 86 valence electrons. The molecule has 0 radical (unpaired) electrons. The SMILES string of the molecule is O=C([O-])[C@@]1(CCc2ccccc2)CCC[NH2+]1. The van der Waals surface area contributed by atoms with Crippen LogP contribution in [0.4, 0.5) is 0 Å². The molecule has 1 aliphatic heterocycles. The number of aryl methyl sites for hydroxylation is 1. The van der Waals surface area contributed by atoms with E-state index in [0.29, 0.717) is 6.42 Å². The van der Waals surface area contributed by atoms with E-state index in [9.17, 15) is 9.90 Å². The number of hydrogen-bond acceptors (Lipinski definition) is 2. The summed E-state index contributed by atoms with van der Waals surface area (Å²) in [6.45, 7) is 0.906. The number of quaternary nitrogens is 1. The summed E-state index contributed by atoms with van der Waals surface area (Å²) in [7, 11) is 0. The second kappa shape index (κ2) is 4.66. The number of carboxylic acids is 1. The van der Waals surface area contributed by atoms with Crippen LogP contribution in [0.2, 0.25) is 0 Å². The van der Waals surface area contributed by atoms with Gasteiger partial charge in [-0.2, -0.15) is 0 Å². The van der Waals surface area contributed by atoms with Crippen molar-refractivity contribution in [2.75, 3.05) is 6.54 Å². The molecule has 1 fully saturated rings. The maximum absolute atomic E-state index is 11.2. The van der Waals surface area contributed by atoms with E-state index in [0.717, 1.165) is 25.8 Å². The molecule has 0 saturated carbocycles. The van der Waals surface area contributed by atoms with Crippen LogP contribution in [0.1, 0.15) is 24.8 Å². The first-order chi connectivity index (χ1) is 7.73. The lowest BCUT2D eigenvalue weighted by Crippen LogP contribution is -2.97. The molecular weight excluding hydrogens is 202 g/mol. The molecule has 0 amide bonds. The quantitative estimate of drug-likeness (QED) is 0.740. The normalized spacial score (nSPS) is 24.5. The van der Waals surface area contributed by atoms with E-state index in [-0.39, 0.29) is 0 Å². The molecule has 16 heavy (non-hydrogen) atoms. The van der Waals surface area contributed by atoms with Crippen molar-refractivity contribution in [2.24, 2.45) is 0 Å². The Balaban J connectivity index is 2.00. The van der Waals surface area contributed by atoms with Gasteiger partial charge in [0.15, 0.2) is 0 Å². The van der Waals surface area contributed by atoms with Gasteiger partial charge < -0.3 is 15.2 Å². The summed E-state index contributed by atoms with van der Waals surface area (Å²) in [5.41, 5.74) is 0.527. The standard InChI is InChI=1S/C13H17NO2/c15-12(16)13(8-4-10-14-13)9-7-11-5-2-1-3-6-11/h1-3,5-6,14H,4,7-10H2,(H,15,16)/t13-/m0/s1. The van der Waals surface area contributed by atoms with Gasteiger partial charge in [0.2, 0.25) is 0 Å². The highest BCUT2D eigenvalue weighted by Gasteiger charge is 2.38. The summed E-state index contributed by atoms with van der Waals surface area (Å²) < 4.78 is 0. The van der Waals surface area contributed by atoms with Crippen LogP contribution in [0.15, 0.2) is 30.3 Å². The lowest BCUT2D eigenvalue weighted by atomic mass is 9.90. The van der Waals surface area contributed by atoms with Gasteiger partial charge in [-0.3, -0.25) is 0 Å². The Hall–Kier alpha value is -1.35. The van der Waals surface area contributed by atoms with Crippen molar-refractivity contribution in [3.8, 4) is 0 Å². The van der Waals surface area contributed by atoms with Crippen LogP contribution in [0.25, 0.3) is 0 Å². The molecule has 0 unspecified atom stereocenters. The van der Waals surface area contributed by atoms with E-state index >= 15 is 0 Å². The van der Waals surface area contributed by atoms with Gasteiger partial charge >= 0.3 is 0 Å². The lowest BCUT2D eigenvalue weighted by Gasteiger charge is -2.26. The van der Waals surface area contributed by atoms with Crippen molar-refractivity contribution < 1.29 is 15.2 Å². The Labute approximate surface area is 95.5 Å². The van der Waals surface area contributed by atoms with Crippen LogP contribution in [0.3, 0.4) is 0 Å². The van der Waals surface area contributed by atoms with E-state index in [4.69, 9.17) is 0 Å². The Morgan fingerprint density at radius 1 is 1.38 bits per heavy atom. The van der Waals surface area contributed by atoms with Crippen LogP contribution >= 0.6 is 0 Å². The fraction of sp³-hybridized carbons (Fsp3) is 0.462. The van der Waals surface area contributed by atoms with Crippen LogP contribution < -0.4 is 10.4 Å². The van der Waals surface area contributed by atoms with Crippen molar-refractivity contribution in [1.29, 1.82) is 0 Å². The number of carbonyl (C=O) groups excluding carboxylic acids is 1. The van der Waals surface area contributed by atoms with Crippen LogP contribution in [-0.2, 0) is 11.2 Å². The third-order valence-electron chi connectivity index (χ3n) is 3.47. The molecule has 3 nitrogen and oxygen atoms in total. The second-order valence-electron chi connectivity index (χ2n) is 4.53. The first kappa shape index (κ1) is 11.1. The highest BCUT2D eigenvalue weighted by Crippen LogP contribution is 2.18. The third kappa shape index (κ3) is 2.25. The Bertz CT molecular complexity index is 355.